The molecule has 0 atom stereocenters. The molecule has 3 nitrogen and oxygen atoms in total. The zero-order valence-electron chi connectivity index (χ0n) is 6.06. The minimum absolute atomic E-state index is 0.0596. The number of pyridine rings is 1. The van der Waals surface area contributed by atoms with Gasteiger partial charge in [-0.3, -0.25) is 5.41 Å². The van der Waals surface area contributed by atoms with E-state index >= 15 is 0 Å². The molecule has 0 aliphatic heterocycles. The molecule has 0 radical (unpaired) electrons. The van der Waals surface area contributed by atoms with Crippen LogP contribution < -0.4 is 5.73 Å². The van der Waals surface area contributed by atoms with Gasteiger partial charge in [-0.05, 0) is 24.6 Å². The third-order valence-corrected chi connectivity index (χ3v) is 1.41. The Kier molecular flexibility index (Phi) is 2.10. The highest BCUT2D eigenvalue weighted by Crippen LogP contribution is 2.08. The van der Waals surface area contributed by atoms with Gasteiger partial charge in [0, 0.05) is 0 Å². The molecule has 0 amide bonds. The fraction of sp³-hybridized carbons (Fsp3) is 0.143. The maximum atomic E-state index is 7.09. The first-order valence-corrected chi connectivity index (χ1v) is 3.46. The van der Waals surface area contributed by atoms with Crippen LogP contribution in [0.25, 0.3) is 0 Å². The van der Waals surface area contributed by atoms with E-state index in [4.69, 9.17) is 22.7 Å². The highest BCUT2D eigenvalue weighted by atomic mass is 35.5. The molecule has 4 heteroatoms. The molecule has 0 saturated carbocycles. The van der Waals surface area contributed by atoms with Gasteiger partial charge in [-0.25, -0.2) is 4.98 Å². The van der Waals surface area contributed by atoms with Gasteiger partial charge >= 0.3 is 0 Å². The minimum atomic E-state index is -0.0596. The lowest BCUT2D eigenvalue weighted by Gasteiger charge is -1.99. The van der Waals surface area contributed by atoms with Crippen molar-refractivity contribution in [2.24, 2.45) is 5.73 Å². The van der Waals surface area contributed by atoms with Crippen molar-refractivity contribution in [3.8, 4) is 0 Å². The summed E-state index contributed by atoms with van der Waals surface area (Å²) in [5, 5.41) is 7.46. The summed E-state index contributed by atoms with van der Waals surface area (Å²) < 4.78 is 0. The van der Waals surface area contributed by atoms with Crippen LogP contribution in [0.15, 0.2) is 12.1 Å². The largest absolute Gasteiger partial charge is 0.382 e. The molecule has 1 aromatic rings. The van der Waals surface area contributed by atoms with E-state index in [0.717, 1.165) is 5.56 Å². The van der Waals surface area contributed by atoms with Crippen LogP contribution in [-0.2, 0) is 0 Å². The highest BCUT2D eigenvalue weighted by Gasteiger charge is 1.99. The number of nitrogens with one attached hydrogen (secondary N) is 1. The lowest BCUT2D eigenvalue weighted by molar-refractivity contribution is 1.23. The van der Waals surface area contributed by atoms with Gasteiger partial charge in [-0.2, -0.15) is 0 Å². The number of nitrogens with zero attached hydrogens (tertiary/aromatic N) is 1. The van der Waals surface area contributed by atoms with Crippen molar-refractivity contribution in [3.05, 3.63) is 28.5 Å². The molecule has 0 aliphatic rings. The smallest absolute Gasteiger partial charge is 0.141 e. The second-order valence-electron chi connectivity index (χ2n) is 2.27. The molecule has 1 rings (SSSR count). The van der Waals surface area contributed by atoms with Gasteiger partial charge in [0.2, 0.25) is 0 Å². The van der Waals surface area contributed by atoms with Crippen LogP contribution in [0, 0.1) is 12.3 Å². The number of aryl methyl sites for hydroxylation is 1. The molecule has 0 bridgehead atoms. The Morgan fingerprint density at radius 2 is 2.27 bits per heavy atom. The SMILES string of the molecule is Cc1cc(Cl)nc(C(=N)N)c1. The van der Waals surface area contributed by atoms with Crippen molar-refractivity contribution in [1.82, 2.24) is 4.98 Å². The predicted octanol–water partition coefficient (Wildman–Crippen LogP) is 1.33. The maximum absolute atomic E-state index is 7.09. The van der Waals surface area contributed by atoms with Gasteiger partial charge in [0.25, 0.3) is 0 Å². The number of rotatable bonds is 1. The summed E-state index contributed by atoms with van der Waals surface area (Å²) in [4.78, 5) is 3.85. The second-order valence-corrected chi connectivity index (χ2v) is 2.65. The normalized spacial score (nSPS) is 9.64. The summed E-state index contributed by atoms with van der Waals surface area (Å²) in [5.41, 5.74) is 6.59. The summed E-state index contributed by atoms with van der Waals surface area (Å²) in [5.74, 6) is -0.0596. The van der Waals surface area contributed by atoms with Crippen LogP contribution in [0.4, 0.5) is 0 Å². The van der Waals surface area contributed by atoms with E-state index in [0.29, 0.717) is 10.8 Å². The fourth-order valence-electron chi connectivity index (χ4n) is 0.763. The molecule has 58 valence electrons. The molecule has 0 fully saturated rings. The molecule has 0 aliphatic carbocycles. The summed E-state index contributed by atoms with van der Waals surface area (Å²) in [6.45, 7) is 1.88. The van der Waals surface area contributed by atoms with E-state index in [-0.39, 0.29) is 5.84 Å². The van der Waals surface area contributed by atoms with Crippen molar-refractivity contribution < 1.29 is 0 Å². The van der Waals surface area contributed by atoms with E-state index in [1.807, 2.05) is 6.92 Å². The first kappa shape index (κ1) is 8.01. The van der Waals surface area contributed by atoms with Gasteiger partial charge in [-0.15, -0.1) is 0 Å². The van der Waals surface area contributed by atoms with Gasteiger partial charge < -0.3 is 5.73 Å². The summed E-state index contributed by atoms with van der Waals surface area (Å²) in [7, 11) is 0. The first-order chi connectivity index (χ1) is 5.09. The number of nitrogens with two attached hydrogens (primary N) is 1. The van der Waals surface area contributed by atoms with E-state index in [1.165, 1.54) is 0 Å². The maximum Gasteiger partial charge on any atom is 0.141 e. The number of aromatic nitrogens is 1. The topological polar surface area (TPSA) is 62.8 Å². The zero-order chi connectivity index (χ0) is 8.43. The van der Waals surface area contributed by atoms with Gasteiger partial charge in [0.15, 0.2) is 0 Å². The number of hydrogen-bond donors (Lipinski definition) is 2. The summed E-state index contributed by atoms with van der Waals surface area (Å²) in [6, 6.07) is 3.43. The molecule has 11 heavy (non-hydrogen) atoms. The molecular weight excluding hydrogens is 162 g/mol. The molecule has 1 heterocycles. The molecule has 3 N–H and O–H groups in total. The Balaban J connectivity index is 3.19. The molecule has 0 unspecified atom stereocenters. The number of amidine groups is 1. The minimum Gasteiger partial charge on any atom is -0.382 e. The van der Waals surface area contributed by atoms with Crippen LogP contribution in [0.3, 0.4) is 0 Å². The van der Waals surface area contributed by atoms with Gasteiger partial charge in [0.1, 0.15) is 16.7 Å². The van der Waals surface area contributed by atoms with E-state index in [2.05, 4.69) is 4.98 Å². The summed E-state index contributed by atoms with van der Waals surface area (Å²) >= 11 is 5.63. The molecular formula is C7H8ClN3. The third kappa shape index (κ3) is 1.91. The molecule has 1 aromatic heterocycles. The standard InChI is InChI=1S/C7H8ClN3/c1-4-2-5(7(9)10)11-6(8)3-4/h2-3H,1H3,(H3,9,10). The molecule has 0 saturated heterocycles. The van der Waals surface area contributed by atoms with Crippen LogP contribution >= 0.6 is 11.6 Å². The van der Waals surface area contributed by atoms with Crippen molar-refractivity contribution >= 4 is 17.4 Å². The Hall–Kier alpha value is -1.09. The van der Waals surface area contributed by atoms with E-state index < -0.39 is 0 Å². The predicted molar refractivity (Wildman–Crippen MR) is 45.0 cm³/mol. The lowest BCUT2D eigenvalue weighted by Crippen LogP contribution is -2.13. The Bertz CT molecular complexity index is 275. The number of hydrogen-bond acceptors (Lipinski definition) is 2. The lowest BCUT2D eigenvalue weighted by atomic mass is 10.2. The highest BCUT2D eigenvalue weighted by molar-refractivity contribution is 6.29. The van der Waals surface area contributed by atoms with E-state index in [9.17, 15) is 0 Å². The van der Waals surface area contributed by atoms with Crippen molar-refractivity contribution in [3.63, 3.8) is 0 Å². The van der Waals surface area contributed by atoms with Crippen molar-refractivity contribution in [2.75, 3.05) is 0 Å². The Labute approximate surface area is 69.7 Å². The number of halogens is 1. The average molecular weight is 170 g/mol. The Morgan fingerprint density at radius 1 is 1.64 bits per heavy atom. The molecule has 0 aromatic carbocycles. The molecule has 0 spiro atoms. The van der Waals surface area contributed by atoms with Crippen LogP contribution in [0.2, 0.25) is 5.15 Å². The Morgan fingerprint density at radius 3 is 2.73 bits per heavy atom. The monoisotopic (exact) mass is 169 g/mol. The first-order valence-electron chi connectivity index (χ1n) is 3.08. The number of nitrogen functional groups attached to an aromatic ring is 1. The average Bonchev–Trinajstić information content (AvgIpc) is 1.85. The quantitative estimate of drug-likeness (QED) is 0.379. The van der Waals surface area contributed by atoms with Crippen LogP contribution in [-0.4, -0.2) is 10.8 Å². The van der Waals surface area contributed by atoms with Crippen LogP contribution in [0.5, 0.6) is 0 Å². The van der Waals surface area contributed by atoms with Gasteiger partial charge in [0.05, 0.1) is 0 Å². The zero-order valence-corrected chi connectivity index (χ0v) is 6.81. The van der Waals surface area contributed by atoms with Crippen LogP contribution in [0.1, 0.15) is 11.3 Å². The summed E-state index contributed by atoms with van der Waals surface area (Å²) in [6.07, 6.45) is 0. The van der Waals surface area contributed by atoms with Crippen molar-refractivity contribution in [2.45, 2.75) is 6.92 Å². The second kappa shape index (κ2) is 2.88. The van der Waals surface area contributed by atoms with Gasteiger partial charge in [-0.1, -0.05) is 11.6 Å². The van der Waals surface area contributed by atoms with E-state index in [1.54, 1.807) is 12.1 Å². The third-order valence-electron chi connectivity index (χ3n) is 1.21. The van der Waals surface area contributed by atoms with Crippen molar-refractivity contribution in [1.29, 1.82) is 5.41 Å². The fourth-order valence-corrected chi connectivity index (χ4v) is 1.03.